The molecule has 2 aliphatic rings. The molecular formula is C28H37N5O7. The SMILES string of the molecule is CC(C)NC(=O)Nc1ccc2c(c1)C(=O)N([C@@H](C)CO)C[C@H](C)[C@H](CN(C)C(=O)Nc1ccc3c(c1)OCO3)O2. The van der Waals surface area contributed by atoms with E-state index in [-0.39, 0.29) is 49.4 Å². The molecule has 0 saturated carbocycles. The lowest BCUT2D eigenvalue weighted by Gasteiger charge is -2.38. The monoisotopic (exact) mass is 555 g/mol. The summed E-state index contributed by atoms with van der Waals surface area (Å²) in [5.74, 6) is 1.02. The van der Waals surface area contributed by atoms with Crippen LogP contribution in [0.4, 0.5) is 21.0 Å². The number of aliphatic hydroxyl groups is 1. The van der Waals surface area contributed by atoms with Crippen molar-refractivity contribution < 1.29 is 33.7 Å². The van der Waals surface area contributed by atoms with Gasteiger partial charge in [0.15, 0.2) is 11.5 Å². The van der Waals surface area contributed by atoms with Crippen molar-refractivity contribution in [1.29, 1.82) is 0 Å². The van der Waals surface area contributed by atoms with Crippen molar-refractivity contribution in [2.75, 3.05) is 44.2 Å². The van der Waals surface area contributed by atoms with Crippen LogP contribution in [0.2, 0.25) is 0 Å². The molecule has 3 atom stereocenters. The van der Waals surface area contributed by atoms with Gasteiger partial charge in [0, 0.05) is 43.0 Å². The Morgan fingerprint density at radius 1 is 1.05 bits per heavy atom. The first-order chi connectivity index (χ1) is 19.0. The first-order valence-corrected chi connectivity index (χ1v) is 13.3. The number of hydrogen-bond acceptors (Lipinski definition) is 7. The maximum atomic E-state index is 13.6. The van der Waals surface area contributed by atoms with Gasteiger partial charge in [0.2, 0.25) is 6.79 Å². The number of anilines is 2. The minimum atomic E-state index is -0.476. The van der Waals surface area contributed by atoms with Gasteiger partial charge < -0.3 is 45.1 Å². The number of aliphatic hydroxyl groups excluding tert-OH is 1. The molecule has 0 aliphatic carbocycles. The first kappa shape index (κ1) is 28.8. The van der Waals surface area contributed by atoms with Crippen LogP contribution >= 0.6 is 0 Å². The van der Waals surface area contributed by atoms with E-state index in [1.54, 1.807) is 55.3 Å². The van der Waals surface area contributed by atoms with Crippen LogP contribution in [0.1, 0.15) is 38.1 Å². The van der Waals surface area contributed by atoms with E-state index in [4.69, 9.17) is 14.2 Å². The van der Waals surface area contributed by atoms with Crippen molar-refractivity contribution in [3.05, 3.63) is 42.0 Å². The number of amides is 5. The maximum Gasteiger partial charge on any atom is 0.321 e. The normalized spacial score (nSPS) is 18.7. The van der Waals surface area contributed by atoms with Gasteiger partial charge in [-0.25, -0.2) is 9.59 Å². The molecule has 0 unspecified atom stereocenters. The highest BCUT2D eigenvalue weighted by molar-refractivity contribution is 5.99. The topological polar surface area (TPSA) is 142 Å². The highest BCUT2D eigenvalue weighted by Crippen LogP contribution is 2.34. The standard InChI is InChI=1S/C28H37N5O7/c1-16(2)29-27(36)30-19-6-8-22-21(10-19)26(35)33(18(4)14-34)12-17(3)25(40-22)13-32(5)28(37)31-20-7-9-23-24(11-20)39-15-38-23/h6-11,16-18,25,34H,12-15H2,1-5H3,(H,31,37)(H2,29,30,36)/t17-,18-,25-/m0/s1. The smallest absolute Gasteiger partial charge is 0.321 e. The lowest BCUT2D eigenvalue weighted by molar-refractivity contribution is 0.0371. The zero-order chi connectivity index (χ0) is 29.0. The molecule has 0 radical (unpaired) electrons. The van der Waals surface area contributed by atoms with E-state index in [9.17, 15) is 19.5 Å². The van der Waals surface area contributed by atoms with Gasteiger partial charge in [0.05, 0.1) is 24.8 Å². The molecule has 2 aliphatic heterocycles. The largest absolute Gasteiger partial charge is 0.487 e. The molecule has 216 valence electrons. The van der Waals surface area contributed by atoms with Crippen LogP contribution in [0, 0.1) is 5.92 Å². The second-order valence-corrected chi connectivity index (χ2v) is 10.5. The van der Waals surface area contributed by atoms with Crippen molar-refractivity contribution in [1.82, 2.24) is 15.1 Å². The summed E-state index contributed by atoms with van der Waals surface area (Å²) >= 11 is 0. The van der Waals surface area contributed by atoms with E-state index in [1.807, 2.05) is 20.8 Å². The Morgan fingerprint density at radius 2 is 1.73 bits per heavy atom. The van der Waals surface area contributed by atoms with E-state index in [0.29, 0.717) is 35.2 Å². The second-order valence-electron chi connectivity index (χ2n) is 10.5. The van der Waals surface area contributed by atoms with Crippen molar-refractivity contribution >= 4 is 29.3 Å². The van der Waals surface area contributed by atoms with Crippen LogP contribution in [0.15, 0.2) is 36.4 Å². The molecule has 5 amide bonds. The van der Waals surface area contributed by atoms with Gasteiger partial charge in [-0.3, -0.25) is 4.79 Å². The molecule has 4 N–H and O–H groups in total. The number of likely N-dealkylation sites (N-methyl/N-ethyl adjacent to an activating group) is 1. The van der Waals surface area contributed by atoms with Gasteiger partial charge in [-0.2, -0.15) is 0 Å². The number of carbonyl (C=O) groups excluding carboxylic acids is 3. The van der Waals surface area contributed by atoms with Crippen LogP contribution in [-0.4, -0.2) is 84.6 Å². The number of fused-ring (bicyclic) bond motifs is 2. The zero-order valence-corrected chi connectivity index (χ0v) is 23.4. The minimum Gasteiger partial charge on any atom is -0.487 e. The maximum absolute atomic E-state index is 13.6. The van der Waals surface area contributed by atoms with Gasteiger partial charge in [0.1, 0.15) is 11.9 Å². The molecule has 2 aromatic rings. The summed E-state index contributed by atoms with van der Waals surface area (Å²) in [6.45, 7) is 7.85. The molecule has 0 aromatic heterocycles. The van der Waals surface area contributed by atoms with Gasteiger partial charge in [0.25, 0.3) is 5.91 Å². The highest BCUT2D eigenvalue weighted by Gasteiger charge is 2.34. The quantitative estimate of drug-likeness (QED) is 0.411. The summed E-state index contributed by atoms with van der Waals surface area (Å²) in [6, 6.07) is 8.79. The minimum absolute atomic E-state index is 0.0586. The fourth-order valence-corrected chi connectivity index (χ4v) is 4.49. The molecule has 0 fully saturated rings. The van der Waals surface area contributed by atoms with E-state index >= 15 is 0 Å². The third-order valence-electron chi connectivity index (χ3n) is 6.77. The molecule has 2 heterocycles. The molecule has 4 rings (SSSR count). The third-order valence-corrected chi connectivity index (χ3v) is 6.77. The summed E-state index contributed by atoms with van der Waals surface area (Å²) in [7, 11) is 1.66. The third kappa shape index (κ3) is 6.68. The van der Waals surface area contributed by atoms with E-state index in [0.717, 1.165) is 0 Å². The van der Waals surface area contributed by atoms with Crippen LogP contribution in [0.3, 0.4) is 0 Å². The van der Waals surface area contributed by atoms with Crippen molar-refractivity contribution in [3.8, 4) is 17.2 Å². The Hall–Kier alpha value is -4.19. The number of benzene rings is 2. The Balaban J connectivity index is 1.54. The molecule has 0 spiro atoms. The van der Waals surface area contributed by atoms with Crippen molar-refractivity contribution in [3.63, 3.8) is 0 Å². The molecule has 0 saturated heterocycles. The molecule has 12 heteroatoms. The van der Waals surface area contributed by atoms with E-state index < -0.39 is 18.2 Å². The Bertz CT molecular complexity index is 1250. The number of hydrogen-bond donors (Lipinski definition) is 4. The average Bonchev–Trinajstić information content (AvgIpc) is 3.38. The summed E-state index contributed by atoms with van der Waals surface area (Å²) < 4.78 is 17.0. The fraction of sp³-hybridized carbons (Fsp3) is 0.464. The molecule has 40 heavy (non-hydrogen) atoms. The summed E-state index contributed by atoms with van der Waals surface area (Å²) in [6.07, 6.45) is -0.476. The molecular weight excluding hydrogens is 518 g/mol. The van der Waals surface area contributed by atoms with Gasteiger partial charge in [-0.15, -0.1) is 0 Å². The number of urea groups is 2. The lowest BCUT2D eigenvalue weighted by Crippen LogP contribution is -2.50. The average molecular weight is 556 g/mol. The fourth-order valence-electron chi connectivity index (χ4n) is 4.49. The van der Waals surface area contributed by atoms with Crippen LogP contribution in [0.25, 0.3) is 0 Å². The van der Waals surface area contributed by atoms with Gasteiger partial charge in [-0.05, 0) is 51.1 Å². The second kappa shape index (κ2) is 12.3. The number of nitrogens with zero attached hydrogens (tertiary/aromatic N) is 2. The Kier molecular flexibility index (Phi) is 8.88. The zero-order valence-electron chi connectivity index (χ0n) is 23.4. The van der Waals surface area contributed by atoms with Crippen LogP contribution in [0.5, 0.6) is 17.2 Å². The summed E-state index contributed by atoms with van der Waals surface area (Å²) in [5, 5.41) is 18.2. The number of carbonyl (C=O) groups is 3. The molecule has 2 aromatic carbocycles. The van der Waals surface area contributed by atoms with Crippen molar-refractivity contribution in [2.24, 2.45) is 5.92 Å². The van der Waals surface area contributed by atoms with E-state index in [1.165, 1.54) is 4.90 Å². The van der Waals surface area contributed by atoms with Crippen molar-refractivity contribution in [2.45, 2.75) is 45.9 Å². The predicted octanol–water partition coefficient (Wildman–Crippen LogP) is 3.33. The summed E-state index contributed by atoms with van der Waals surface area (Å²) in [4.78, 5) is 42.0. The lowest BCUT2D eigenvalue weighted by atomic mass is 9.99. The first-order valence-electron chi connectivity index (χ1n) is 13.3. The van der Waals surface area contributed by atoms with Gasteiger partial charge >= 0.3 is 12.1 Å². The highest BCUT2D eigenvalue weighted by atomic mass is 16.7. The van der Waals surface area contributed by atoms with Gasteiger partial charge in [-0.1, -0.05) is 6.92 Å². The number of rotatable bonds is 7. The van der Waals surface area contributed by atoms with Crippen LogP contribution in [-0.2, 0) is 0 Å². The predicted molar refractivity (Wildman–Crippen MR) is 149 cm³/mol. The summed E-state index contributed by atoms with van der Waals surface area (Å²) in [5.41, 5.74) is 1.25. The number of nitrogens with one attached hydrogen (secondary N) is 3. The van der Waals surface area contributed by atoms with Crippen LogP contribution < -0.4 is 30.2 Å². The molecule has 12 nitrogen and oxygen atoms in total. The number of ether oxygens (including phenoxy) is 3. The van der Waals surface area contributed by atoms with E-state index in [2.05, 4.69) is 16.0 Å². The Labute approximate surface area is 233 Å². The Morgan fingerprint density at radius 3 is 2.42 bits per heavy atom. The molecule has 0 bridgehead atoms.